The average molecular weight is 216 g/mol. The maximum absolute atomic E-state index is 5.62. The number of ether oxygens (including phenoxy) is 4. The summed E-state index contributed by atoms with van der Waals surface area (Å²) in [7, 11) is 0. The van der Waals surface area contributed by atoms with Crippen LogP contribution in [0.25, 0.3) is 0 Å². The van der Waals surface area contributed by atoms with E-state index in [0.717, 1.165) is 32.8 Å². The topological polar surface area (TPSA) is 43.5 Å². The summed E-state index contributed by atoms with van der Waals surface area (Å²) in [5, 5.41) is 0. The van der Waals surface area contributed by atoms with Crippen molar-refractivity contribution in [3.8, 4) is 0 Å². The molecule has 2 fully saturated rings. The second kappa shape index (κ2) is 5.25. The summed E-state index contributed by atoms with van der Waals surface area (Å²) >= 11 is 0. The van der Waals surface area contributed by atoms with E-state index in [1.54, 1.807) is 0 Å². The van der Waals surface area contributed by atoms with Gasteiger partial charge in [-0.2, -0.15) is 0 Å². The molecule has 0 aromatic carbocycles. The lowest BCUT2D eigenvalue weighted by Crippen LogP contribution is -2.21. The molecule has 0 spiro atoms. The third-order valence-corrected chi connectivity index (χ3v) is 2.60. The highest BCUT2D eigenvalue weighted by Crippen LogP contribution is 2.14. The van der Waals surface area contributed by atoms with Gasteiger partial charge >= 0.3 is 0 Å². The highest BCUT2D eigenvalue weighted by Gasteiger charge is 2.25. The Bertz CT molecular complexity index is 169. The Morgan fingerprint density at radius 3 is 1.73 bits per heavy atom. The first-order valence-corrected chi connectivity index (χ1v) is 5.70. The van der Waals surface area contributed by atoms with Gasteiger partial charge in [-0.05, 0) is 20.3 Å². The Balaban J connectivity index is 1.48. The normalized spacial score (nSPS) is 32.4. The van der Waals surface area contributed by atoms with Gasteiger partial charge in [0.15, 0.2) is 0 Å². The lowest BCUT2D eigenvalue weighted by atomic mass is 10.2. The van der Waals surface area contributed by atoms with E-state index in [1.807, 2.05) is 0 Å². The summed E-state index contributed by atoms with van der Waals surface area (Å²) < 4.78 is 21.4. The van der Waals surface area contributed by atoms with Gasteiger partial charge in [0, 0.05) is 0 Å². The van der Waals surface area contributed by atoms with Crippen molar-refractivity contribution in [2.24, 2.45) is 0 Å². The molecule has 2 rings (SSSR count). The lowest BCUT2D eigenvalue weighted by Gasteiger charge is -2.17. The largest absolute Gasteiger partial charge is 0.376 e. The molecular formula is C11H20O4. The van der Waals surface area contributed by atoms with Gasteiger partial charge in [-0.3, -0.25) is 0 Å². The minimum Gasteiger partial charge on any atom is -0.376 e. The molecule has 0 amide bonds. The summed E-state index contributed by atoms with van der Waals surface area (Å²) in [6.45, 7) is 7.32. The van der Waals surface area contributed by atoms with Crippen molar-refractivity contribution >= 4 is 0 Å². The molecule has 2 saturated heterocycles. The molecule has 0 aliphatic carbocycles. The monoisotopic (exact) mass is 216 g/mol. The van der Waals surface area contributed by atoms with E-state index in [-0.39, 0.29) is 12.2 Å². The molecule has 0 aromatic rings. The van der Waals surface area contributed by atoms with Gasteiger partial charge in [0.25, 0.3) is 0 Å². The highest BCUT2D eigenvalue weighted by atomic mass is 16.6. The van der Waals surface area contributed by atoms with E-state index in [2.05, 4.69) is 13.8 Å². The summed E-state index contributed by atoms with van der Waals surface area (Å²) in [4.78, 5) is 0. The van der Waals surface area contributed by atoms with Crippen LogP contribution in [-0.4, -0.2) is 50.8 Å². The van der Waals surface area contributed by atoms with Crippen molar-refractivity contribution in [2.45, 2.75) is 44.7 Å². The van der Waals surface area contributed by atoms with Crippen molar-refractivity contribution in [3.05, 3.63) is 0 Å². The molecule has 88 valence electrons. The van der Waals surface area contributed by atoms with Gasteiger partial charge in [0.2, 0.25) is 0 Å². The third-order valence-electron chi connectivity index (χ3n) is 2.60. The Labute approximate surface area is 90.8 Å². The van der Waals surface area contributed by atoms with E-state index in [0.29, 0.717) is 12.2 Å². The van der Waals surface area contributed by atoms with Crippen LogP contribution in [-0.2, 0) is 18.9 Å². The molecule has 2 aliphatic rings. The molecule has 0 bridgehead atoms. The second-order valence-corrected chi connectivity index (χ2v) is 4.43. The SMILES string of the molecule is CC(CC(C)OCC1CO1)OCC1CO1. The van der Waals surface area contributed by atoms with Crippen molar-refractivity contribution in [1.82, 2.24) is 0 Å². The van der Waals surface area contributed by atoms with Gasteiger partial charge in [-0.25, -0.2) is 0 Å². The van der Waals surface area contributed by atoms with Crippen LogP contribution in [0.2, 0.25) is 0 Å². The minimum atomic E-state index is 0.240. The molecule has 4 nitrogen and oxygen atoms in total. The zero-order valence-electron chi connectivity index (χ0n) is 9.48. The zero-order chi connectivity index (χ0) is 10.7. The van der Waals surface area contributed by atoms with Crippen LogP contribution in [0.15, 0.2) is 0 Å². The second-order valence-electron chi connectivity index (χ2n) is 4.43. The van der Waals surface area contributed by atoms with Crippen LogP contribution in [0.1, 0.15) is 20.3 Å². The van der Waals surface area contributed by atoms with E-state index < -0.39 is 0 Å². The molecule has 0 N–H and O–H groups in total. The van der Waals surface area contributed by atoms with Crippen LogP contribution in [0, 0.1) is 0 Å². The fourth-order valence-electron chi connectivity index (χ4n) is 1.48. The molecule has 0 aromatic heterocycles. The molecule has 4 unspecified atom stereocenters. The Morgan fingerprint density at radius 1 is 1.00 bits per heavy atom. The van der Waals surface area contributed by atoms with E-state index in [9.17, 15) is 0 Å². The molecular weight excluding hydrogens is 196 g/mol. The van der Waals surface area contributed by atoms with Crippen molar-refractivity contribution in [3.63, 3.8) is 0 Å². The van der Waals surface area contributed by atoms with Gasteiger partial charge in [-0.15, -0.1) is 0 Å². The molecule has 4 heteroatoms. The predicted octanol–water partition coefficient (Wildman–Crippen LogP) is 0.984. The van der Waals surface area contributed by atoms with Crippen molar-refractivity contribution < 1.29 is 18.9 Å². The Hall–Kier alpha value is -0.160. The van der Waals surface area contributed by atoms with Crippen molar-refractivity contribution in [2.75, 3.05) is 26.4 Å². The predicted molar refractivity (Wildman–Crippen MR) is 54.9 cm³/mol. The number of epoxide rings is 2. The summed E-state index contributed by atoms with van der Waals surface area (Å²) in [5.74, 6) is 0. The number of hydrogen-bond donors (Lipinski definition) is 0. The zero-order valence-corrected chi connectivity index (χ0v) is 9.48. The standard InChI is InChI=1S/C11H20O4/c1-8(12-4-10-6-14-10)3-9(2)13-5-11-7-15-11/h8-11H,3-7H2,1-2H3. The van der Waals surface area contributed by atoms with E-state index in [4.69, 9.17) is 18.9 Å². The molecule has 0 saturated carbocycles. The first-order valence-electron chi connectivity index (χ1n) is 5.70. The molecule has 2 aliphatic heterocycles. The van der Waals surface area contributed by atoms with Gasteiger partial charge in [0.05, 0.1) is 38.6 Å². The smallest absolute Gasteiger partial charge is 0.104 e. The van der Waals surface area contributed by atoms with Gasteiger partial charge < -0.3 is 18.9 Å². The Kier molecular flexibility index (Phi) is 3.97. The molecule has 2 heterocycles. The van der Waals surface area contributed by atoms with E-state index >= 15 is 0 Å². The van der Waals surface area contributed by atoms with Crippen LogP contribution in [0.4, 0.5) is 0 Å². The fraction of sp³-hybridized carbons (Fsp3) is 1.00. The molecule has 4 atom stereocenters. The van der Waals surface area contributed by atoms with Crippen LogP contribution in [0.5, 0.6) is 0 Å². The first kappa shape index (κ1) is 11.3. The summed E-state index contributed by atoms with van der Waals surface area (Å²) in [6.07, 6.45) is 2.11. The quantitative estimate of drug-likeness (QED) is 0.567. The number of rotatable bonds is 8. The lowest BCUT2D eigenvalue weighted by molar-refractivity contribution is -0.0105. The molecule has 0 radical (unpaired) electrons. The maximum atomic E-state index is 5.62. The van der Waals surface area contributed by atoms with Crippen molar-refractivity contribution in [1.29, 1.82) is 0 Å². The van der Waals surface area contributed by atoms with Crippen LogP contribution in [0.3, 0.4) is 0 Å². The number of hydrogen-bond acceptors (Lipinski definition) is 4. The van der Waals surface area contributed by atoms with Crippen LogP contribution >= 0.6 is 0 Å². The first-order chi connectivity index (χ1) is 7.24. The Morgan fingerprint density at radius 2 is 1.40 bits per heavy atom. The minimum absolute atomic E-state index is 0.240. The maximum Gasteiger partial charge on any atom is 0.104 e. The summed E-state index contributed by atoms with van der Waals surface area (Å²) in [5.41, 5.74) is 0. The summed E-state index contributed by atoms with van der Waals surface area (Å²) in [6, 6.07) is 0. The van der Waals surface area contributed by atoms with Gasteiger partial charge in [-0.1, -0.05) is 0 Å². The average Bonchev–Trinajstić information content (AvgIpc) is 3.04. The highest BCUT2D eigenvalue weighted by molar-refractivity contribution is 4.70. The van der Waals surface area contributed by atoms with Gasteiger partial charge in [0.1, 0.15) is 12.2 Å². The fourth-order valence-corrected chi connectivity index (χ4v) is 1.48. The van der Waals surface area contributed by atoms with Crippen LogP contribution < -0.4 is 0 Å². The third kappa shape index (κ3) is 4.93. The molecule has 15 heavy (non-hydrogen) atoms. The van der Waals surface area contributed by atoms with E-state index in [1.165, 1.54) is 0 Å².